The van der Waals surface area contributed by atoms with Gasteiger partial charge in [-0.15, -0.1) is 0 Å². The number of hydrogen-bond donors (Lipinski definition) is 1. The fourth-order valence-electron chi connectivity index (χ4n) is 2.99. The minimum absolute atomic E-state index is 0.359. The minimum Gasteiger partial charge on any atom is -0.385 e. The summed E-state index contributed by atoms with van der Waals surface area (Å²) in [5.74, 6) is 0. The van der Waals surface area contributed by atoms with E-state index in [-0.39, 0.29) is 5.60 Å². The van der Waals surface area contributed by atoms with Crippen molar-refractivity contribution in [2.75, 3.05) is 6.61 Å². The van der Waals surface area contributed by atoms with Crippen LogP contribution in [0.15, 0.2) is 24.3 Å². The highest BCUT2D eigenvalue weighted by Gasteiger charge is 2.40. The topological polar surface area (TPSA) is 29.5 Å². The Morgan fingerprint density at radius 3 is 2.33 bits per heavy atom. The number of benzene rings is 1. The van der Waals surface area contributed by atoms with Gasteiger partial charge in [-0.3, -0.25) is 0 Å². The molecule has 1 N–H and O–H groups in total. The van der Waals surface area contributed by atoms with Gasteiger partial charge in [-0.05, 0) is 32.3 Å². The first kappa shape index (κ1) is 13.6. The van der Waals surface area contributed by atoms with Crippen LogP contribution >= 0.6 is 0 Å². The van der Waals surface area contributed by atoms with Crippen LogP contribution in [0.5, 0.6) is 0 Å². The molecule has 0 heterocycles. The van der Waals surface area contributed by atoms with Crippen molar-refractivity contribution in [2.24, 2.45) is 0 Å². The molecule has 2 nitrogen and oxygen atoms in total. The van der Waals surface area contributed by atoms with Crippen molar-refractivity contribution in [3.05, 3.63) is 35.4 Å². The van der Waals surface area contributed by atoms with E-state index in [1.54, 1.807) is 0 Å². The molecule has 0 saturated heterocycles. The Morgan fingerprint density at radius 2 is 1.78 bits per heavy atom. The van der Waals surface area contributed by atoms with Crippen LogP contribution in [0.25, 0.3) is 0 Å². The van der Waals surface area contributed by atoms with Gasteiger partial charge < -0.3 is 9.84 Å². The molecule has 0 aliphatic heterocycles. The predicted molar refractivity (Wildman–Crippen MR) is 73.6 cm³/mol. The second-order valence-electron chi connectivity index (χ2n) is 5.37. The zero-order valence-electron chi connectivity index (χ0n) is 11.5. The summed E-state index contributed by atoms with van der Waals surface area (Å²) in [6.07, 6.45) is 5.01. The Balaban J connectivity index is 2.21. The van der Waals surface area contributed by atoms with Gasteiger partial charge >= 0.3 is 0 Å². The third-order valence-corrected chi connectivity index (χ3v) is 4.02. The number of rotatable bonds is 4. The number of hydrogen-bond acceptors (Lipinski definition) is 2. The molecular weight excluding hydrogens is 224 g/mol. The molecule has 0 spiro atoms. The molecule has 1 fully saturated rings. The van der Waals surface area contributed by atoms with Crippen molar-refractivity contribution in [1.82, 2.24) is 0 Å². The van der Waals surface area contributed by atoms with E-state index >= 15 is 0 Å². The number of ether oxygens (including phenoxy) is 1. The van der Waals surface area contributed by atoms with Gasteiger partial charge in [0.1, 0.15) is 6.10 Å². The molecule has 1 aromatic carbocycles. The fraction of sp³-hybridized carbons (Fsp3) is 0.625. The van der Waals surface area contributed by atoms with Crippen molar-refractivity contribution >= 4 is 0 Å². The first-order valence-corrected chi connectivity index (χ1v) is 7.06. The average Bonchev–Trinajstić information content (AvgIpc) is 2.40. The van der Waals surface area contributed by atoms with E-state index in [4.69, 9.17) is 4.74 Å². The molecule has 1 aliphatic rings. The number of aryl methyl sites for hydroxylation is 1. The summed E-state index contributed by atoms with van der Waals surface area (Å²) in [5.41, 5.74) is 1.85. The standard InChI is InChI=1S/C16H24O2/c1-3-18-16(11-5-4-6-12-16)15(17)14-9-7-13(2)8-10-14/h7-10,15,17H,3-6,11-12H2,1-2H3. The SMILES string of the molecule is CCOC1(C(O)c2ccc(C)cc2)CCCCC1. The maximum atomic E-state index is 10.7. The summed E-state index contributed by atoms with van der Waals surface area (Å²) < 4.78 is 5.97. The average molecular weight is 248 g/mol. The third-order valence-electron chi connectivity index (χ3n) is 4.02. The highest BCUT2D eigenvalue weighted by Crippen LogP contribution is 2.41. The molecule has 1 unspecified atom stereocenters. The predicted octanol–water partition coefficient (Wildman–Crippen LogP) is 3.77. The summed E-state index contributed by atoms with van der Waals surface area (Å²) in [6, 6.07) is 8.16. The molecule has 1 aliphatic carbocycles. The summed E-state index contributed by atoms with van der Waals surface area (Å²) in [6.45, 7) is 4.75. The first-order chi connectivity index (χ1) is 8.68. The van der Waals surface area contributed by atoms with Crippen molar-refractivity contribution in [2.45, 2.75) is 57.7 Å². The molecule has 1 saturated carbocycles. The van der Waals surface area contributed by atoms with Crippen LogP contribution in [0.2, 0.25) is 0 Å². The molecule has 0 bridgehead atoms. The van der Waals surface area contributed by atoms with Gasteiger partial charge in [-0.2, -0.15) is 0 Å². The lowest BCUT2D eigenvalue weighted by Crippen LogP contribution is -2.41. The summed E-state index contributed by atoms with van der Waals surface area (Å²) >= 11 is 0. The highest BCUT2D eigenvalue weighted by molar-refractivity contribution is 5.25. The molecule has 1 atom stereocenters. The molecule has 2 heteroatoms. The second-order valence-corrected chi connectivity index (χ2v) is 5.37. The van der Waals surface area contributed by atoms with Gasteiger partial charge in [0.05, 0.1) is 5.60 Å². The van der Waals surface area contributed by atoms with Gasteiger partial charge in [0.2, 0.25) is 0 Å². The Labute approximate surface area is 110 Å². The molecule has 100 valence electrons. The third kappa shape index (κ3) is 2.76. The van der Waals surface area contributed by atoms with Crippen LogP contribution < -0.4 is 0 Å². The van der Waals surface area contributed by atoms with Gasteiger partial charge in [0.15, 0.2) is 0 Å². The van der Waals surface area contributed by atoms with Gasteiger partial charge in [0, 0.05) is 6.61 Å². The highest BCUT2D eigenvalue weighted by atomic mass is 16.5. The zero-order valence-corrected chi connectivity index (χ0v) is 11.5. The first-order valence-electron chi connectivity index (χ1n) is 7.06. The maximum absolute atomic E-state index is 10.7. The van der Waals surface area contributed by atoms with Gasteiger partial charge in [-0.25, -0.2) is 0 Å². The zero-order chi connectivity index (χ0) is 13.0. The van der Waals surface area contributed by atoms with Crippen LogP contribution in [-0.4, -0.2) is 17.3 Å². The maximum Gasteiger partial charge on any atom is 0.108 e. The number of aliphatic hydroxyl groups excluding tert-OH is 1. The Kier molecular flexibility index (Phi) is 4.41. The van der Waals surface area contributed by atoms with Gasteiger partial charge in [-0.1, -0.05) is 49.1 Å². The van der Waals surface area contributed by atoms with Crippen molar-refractivity contribution in [1.29, 1.82) is 0 Å². The Morgan fingerprint density at radius 1 is 1.17 bits per heavy atom. The van der Waals surface area contributed by atoms with Crippen molar-refractivity contribution in [3.8, 4) is 0 Å². The number of aliphatic hydroxyl groups is 1. The van der Waals surface area contributed by atoms with E-state index in [0.29, 0.717) is 6.61 Å². The smallest absolute Gasteiger partial charge is 0.108 e. The van der Waals surface area contributed by atoms with Crippen molar-refractivity contribution in [3.63, 3.8) is 0 Å². The van der Waals surface area contributed by atoms with Crippen LogP contribution in [0, 0.1) is 6.92 Å². The lowest BCUT2D eigenvalue weighted by atomic mass is 9.78. The molecule has 0 aromatic heterocycles. The summed E-state index contributed by atoms with van der Waals surface area (Å²) in [5, 5.41) is 10.7. The minimum atomic E-state index is -0.502. The van der Waals surface area contributed by atoms with Gasteiger partial charge in [0.25, 0.3) is 0 Å². The van der Waals surface area contributed by atoms with E-state index in [0.717, 1.165) is 31.2 Å². The molecule has 0 radical (unpaired) electrons. The van der Waals surface area contributed by atoms with Crippen LogP contribution in [0.4, 0.5) is 0 Å². The van der Waals surface area contributed by atoms with E-state index < -0.39 is 6.10 Å². The fourth-order valence-corrected chi connectivity index (χ4v) is 2.99. The molecule has 2 rings (SSSR count). The normalized spacial score (nSPS) is 20.6. The van der Waals surface area contributed by atoms with E-state index in [9.17, 15) is 5.11 Å². The molecular formula is C16H24O2. The van der Waals surface area contributed by atoms with E-state index in [1.165, 1.54) is 12.0 Å². The lowest BCUT2D eigenvalue weighted by molar-refractivity contribution is -0.141. The lowest BCUT2D eigenvalue weighted by Gasteiger charge is -2.41. The Bertz CT molecular complexity index is 358. The van der Waals surface area contributed by atoms with Crippen molar-refractivity contribution < 1.29 is 9.84 Å². The van der Waals surface area contributed by atoms with E-state index in [2.05, 4.69) is 19.1 Å². The van der Waals surface area contributed by atoms with E-state index in [1.807, 2.05) is 19.1 Å². The summed E-state index contributed by atoms with van der Waals surface area (Å²) in [7, 11) is 0. The molecule has 0 amide bonds. The van der Waals surface area contributed by atoms with Crippen LogP contribution in [0.1, 0.15) is 56.3 Å². The van der Waals surface area contributed by atoms with Crippen LogP contribution in [0.3, 0.4) is 0 Å². The summed E-state index contributed by atoms with van der Waals surface area (Å²) in [4.78, 5) is 0. The van der Waals surface area contributed by atoms with Crippen LogP contribution in [-0.2, 0) is 4.74 Å². The largest absolute Gasteiger partial charge is 0.385 e. The second kappa shape index (κ2) is 5.85. The molecule has 18 heavy (non-hydrogen) atoms. The monoisotopic (exact) mass is 248 g/mol. The quantitative estimate of drug-likeness (QED) is 0.879. The Hall–Kier alpha value is -0.860. The molecule has 1 aromatic rings.